The summed E-state index contributed by atoms with van der Waals surface area (Å²) in [6, 6.07) is 20.5. The van der Waals surface area contributed by atoms with Gasteiger partial charge in [-0.2, -0.15) is 0 Å². The molecule has 1 aliphatic carbocycles. The second kappa shape index (κ2) is 16.2. The number of hydrogen-bond donors (Lipinski definition) is 1. The normalized spacial score (nSPS) is 14.4. The average molecular weight is 652 g/mol. The number of aryl methyl sites for hydroxylation is 1. The number of rotatable bonds is 14. The molecule has 1 aliphatic rings. The highest BCUT2D eigenvalue weighted by molar-refractivity contribution is 7.98. The topological polar surface area (TPSA) is 96.0 Å². The second-order valence-electron chi connectivity index (χ2n) is 11.3. The van der Waals surface area contributed by atoms with Gasteiger partial charge in [0.1, 0.15) is 18.3 Å². The predicted molar refractivity (Wildman–Crippen MR) is 181 cm³/mol. The summed E-state index contributed by atoms with van der Waals surface area (Å²) in [5.41, 5.74) is 2.14. The summed E-state index contributed by atoms with van der Waals surface area (Å²) in [5, 5.41) is 3.20. The Morgan fingerprint density at radius 3 is 2.27 bits per heavy atom. The van der Waals surface area contributed by atoms with Gasteiger partial charge in [0.15, 0.2) is 0 Å². The largest absolute Gasteiger partial charge is 0.492 e. The van der Waals surface area contributed by atoms with E-state index in [1.807, 2.05) is 51.3 Å². The lowest BCUT2D eigenvalue weighted by Crippen LogP contribution is -2.54. The average Bonchev–Trinajstić information content (AvgIpc) is 3.05. The summed E-state index contributed by atoms with van der Waals surface area (Å²) in [5.74, 6) is -0.327. The van der Waals surface area contributed by atoms with Crippen LogP contribution in [0.25, 0.3) is 0 Å². The van der Waals surface area contributed by atoms with Crippen molar-refractivity contribution in [2.75, 3.05) is 23.7 Å². The summed E-state index contributed by atoms with van der Waals surface area (Å²) in [6.45, 7) is 5.66. The van der Waals surface area contributed by atoms with E-state index < -0.39 is 28.5 Å². The van der Waals surface area contributed by atoms with E-state index in [4.69, 9.17) is 4.74 Å². The lowest BCUT2D eigenvalue weighted by Gasteiger charge is -2.35. The molecule has 3 aromatic rings. The third-order valence-electron chi connectivity index (χ3n) is 8.30. The SMILES string of the molecule is CCOc1ccccc1N(CC(=O)N(Cc1ccccc1C)C(CC)C(=O)NC1CCCCC1)S(=O)(=O)c1ccc(SC)cc1. The number of carbonyl (C=O) groups excluding carboxylic acids is 2. The smallest absolute Gasteiger partial charge is 0.264 e. The second-order valence-corrected chi connectivity index (χ2v) is 14.0. The summed E-state index contributed by atoms with van der Waals surface area (Å²) in [4.78, 5) is 30.8. The molecule has 0 aromatic heterocycles. The van der Waals surface area contributed by atoms with Gasteiger partial charge in [0.2, 0.25) is 11.8 Å². The van der Waals surface area contributed by atoms with Crippen LogP contribution in [0.5, 0.6) is 5.75 Å². The zero-order valence-corrected chi connectivity index (χ0v) is 28.3. The zero-order valence-electron chi connectivity index (χ0n) is 26.7. The molecule has 1 saturated carbocycles. The predicted octanol–water partition coefficient (Wildman–Crippen LogP) is 6.57. The van der Waals surface area contributed by atoms with E-state index in [9.17, 15) is 18.0 Å². The van der Waals surface area contributed by atoms with Crippen LogP contribution in [-0.4, -0.2) is 56.6 Å². The summed E-state index contributed by atoms with van der Waals surface area (Å²) >= 11 is 1.51. The highest BCUT2D eigenvalue weighted by Gasteiger charge is 2.35. The van der Waals surface area contributed by atoms with Crippen molar-refractivity contribution in [2.24, 2.45) is 0 Å². The van der Waals surface area contributed by atoms with Gasteiger partial charge in [-0.05, 0) is 86.9 Å². The van der Waals surface area contributed by atoms with Gasteiger partial charge in [0.05, 0.1) is 17.2 Å². The van der Waals surface area contributed by atoms with E-state index in [-0.39, 0.29) is 29.1 Å². The first-order valence-electron chi connectivity index (χ1n) is 15.7. The van der Waals surface area contributed by atoms with Gasteiger partial charge in [-0.15, -0.1) is 11.8 Å². The molecule has 1 fully saturated rings. The van der Waals surface area contributed by atoms with E-state index in [1.54, 1.807) is 53.4 Å². The van der Waals surface area contributed by atoms with Crippen LogP contribution in [0.15, 0.2) is 82.6 Å². The van der Waals surface area contributed by atoms with Gasteiger partial charge >= 0.3 is 0 Å². The minimum atomic E-state index is -4.21. The highest BCUT2D eigenvalue weighted by Crippen LogP contribution is 2.33. The van der Waals surface area contributed by atoms with Gasteiger partial charge in [0.25, 0.3) is 10.0 Å². The molecule has 45 heavy (non-hydrogen) atoms. The number of thioether (sulfide) groups is 1. The van der Waals surface area contributed by atoms with E-state index in [0.717, 1.165) is 52.4 Å². The third-order valence-corrected chi connectivity index (χ3v) is 10.8. The fourth-order valence-corrected chi connectivity index (χ4v) is 7.60. The van der Waals surface area contributed by atoms with Crippen LogP contribution < -0.4 is 14.4 Å². The maximum atomic E-state index is 14.5. The number of hydrogen-bond acceptors (Lipinski definition) is 6. The summed E-state index contributed by atoms with van der Waals surface area (Å²) < 4.78 is 35.6. The Hall–Kier alpha value is -3.50. The maximum absolute atomic E-state index is 14.5. The zero-order chi connectivity index (χ0) is 32.4. The van der Waals surface area contributed by atoms with E-state index >= 15 is 0 Å². The number of anilines is 1. The molecule has 1 N–H and O–H groups in total. The molecule has 0 saturated heterocycles. The Labute approximate surface area is 272 Å². The molecule has 0 heterocycles. The van der Waals surface area contributed by atoms with Gasteiger partial charge in [-0.25, -0.2) is 8.42 Å². The van der Waals surface area contributed by atoms with E-state index in [2.05, 4.69) is 5.32 Å². The fourth-order valence-electron chi connectivity index (χ4n) is 5.76. The van der Waals surface area contributed by atoms with Crippen molar-refractivity contribution in [1.29, 1.82) is 0 Å². The number of sulfonamides is 1. The minimum Gasteiger partial charge on any atom is -0.492 e. The van der Waals surface area contributed by atoms with E-state index in [0.29, 0.717) is 18.8 Å². The van der Waals surface area contributed by atoms with Crippen LogP contribution in [-0.2, 0) is 26.2 Å². The Kier molecular flexibility index (Phi) is 12.4. The maximum Gasteiger partial charge on any atom is 0.264 e. The molecule has 0 bridgehead atoms. The van der Waals surface area contributed by atoms with E-state index in [1.165, 1.54) is 11.8 Å². The first-order chi connectivity index (χ1) is 21.7. The molecule has 242 valence electrons. The molecule has 0 aliphatic heterocycles. The molecule has 10 heteroatoms. The molecular weight excluding hydrogens is 607 g/mol. The minimum absolute atomic E-state index is 0.0620. The molecular formula is C35H45N3O5S2. The Balaban J connectivity index is 1.75. The number of carbonyl (C=O) groups is 2. The van der Waals surface area contributed by atoms with Crippen molar-refractivity contribution in [2.45, 2.75) is 87.7 Å². The molecule has 8 nitrogen and oxygen atoms in total. The molecule has 1 atom stereocenters. The number of nitrogens with zero attached hydrogens (tertiary/aromatic N) is 2. The molecule has 3 aromatic carbocycles. The van der Waals surface area contributed by atoms with Crippen molar-refractivity contribution in [1.82, 2.24) is 10.2 Å². The quantitative estimate of drug-likeness (QED) is 0.198. The van der Waals surface area contributed by atoms with Gasteiger partial charge in [-0.3, -0.25) is 13.9 Å². The lowest BCUT2D eigenvalue weighted by molar-refractivity contribution is -0.140. The highest BCUT2D eigenvalue weighted by atomic mass is 32.2. The number of ether oxygens (including phenoxy) is 1. The van der Waals surface area contributed by atoms with Crippen molar-refractivity contribution in [3.8, 4) is 5.75 Å². The molecule has 4 rings (SSSR count). The van der Waals surface area contributed by atoms with Crippen LogP contribution >= 0.6 is 11.8 Å². The van der Waals surface area contributed by atoms with Crippen LogP contribution in [0, 0.1) is 6.92 Å². The molecule has 1 unspecified atom stereocenters. The van der Waals surface area contributed by atoms with Gasteiger partial charge < -0.3 is 15.0 Å². The Morgan fingerprint density at radius 2 is 1.62 bits per heavy atom. The van der Waals surface area contributed by atoms with Crippen LogP contribution in [0.3, 0.4) is 0 Å². The monoisotopic (exact) mass is 651 g/mol. The Bertz CT molecular complexity index is 1540. The number of para-hydroxylation sites is 2. The fraction of sp³-hybridized carbons (Fsp3) is 0.429. The van der Waals surface area contributed by atoms with Gasteiger partial charge in [-0.1, -0.05) is 62.6 Å². The van der Waals surface area contributed by atoms with Crippen LogP contribution in [0.2, 0.25) is 0 Å². The number of amides is 2. The van der Waals surface area contributed by atoms with Crippen molar-refractivity contribution in [3.63, 3.8) is 0 Å². The van der Waals surface area contributed by atoms with Gasteiger partial charge in [0, 0.05) is 17.5 Å². The summed E-state index contributed by atoms with van der Waals surface area (Å²) in [6.07, 6.45) is 7.44. The third kappa shape index (κ3) is 8.61. The molecule has 0 radical (unpaired) electrons. The first-order valence-corrected chi connectivity index (χ1v) is 18.4. The van der Waals surface area contributed by atoms with Crippen LogP contribution in [0.1, 0.15) is 63.5 Å². The number of benzene rings is 3. The number of nitrogens with one attached hydrogen (secondary N) is 1. The van der Waals surface area contributed by atoms with Crippen LogP contribution in [0.4, 0.5) is 5.69 Å². The van der Waals surface area contributed by atoms with Crippen molar-refractivity contribution in [3.05, 3.63) is 83.9 Å². The standard InChI is InChI=1S/C35H45N3O5S2/c1-5-31(35(40)36-28-16-8-7-9-17-28)37(24-27-15-11-10-14-26(27)3)34(39)25-38(32-18-12-13-19-33(32)43-6-2)45(41,42)30-22-20-29(44-4)21-23-30/h10-15,18-23,28,31H,5-9,16-17,24-25H2,1-4H3,(H,36,40). The molecule has 0 spiro atoms. The molecule has 2 amide bonds. The first kappa shape index (κ1) is 34.4. The van der Waals surface area contributed by atoms with Crippen molar-refractivity contribution < 1.29 is 22.7 Å². The summed E-state index contributed by atoms with van der Waals surface area (Å²) in [7, 11) is -4.21. The van der Waals surface area contributed by atoms with Crippen molar-refractivity contribution >= 4 is 39.3 Å². The Morgan fingerprint density at radius 1 is 0.956 bits per heavy atom. The lowest BCUT2D eigenvalue weighted by atomic mass is 9.95.